The van der Waals surface area contributed by atoms with Crippen LogP contribution in [-0.4, -0.2) is 10.8 Å². The van der Waals surface area contributed by atoms with E-state index in [4.69, 9.17) is 0 Å². The molecule has 11 heavy (non-hydrogen) atoms. The van der Waals surface area contributed by atoms with E-state index in [9.17, 15) is 4.79 Å². The maximum atomic E-state index is 11.3. The van der Waals surface area contributed by atoms with Crippen molar-refractivity contribution in [3.8, 4) is 0 Å². The second-order valence-electron chi connectivity index (χ2n) is 2.75. The number of pyridine rings is 1. The van der Waals surface area contributed by atoms with E-state index in [0.29, 0.717) is 0 Å². The van der Waals surface area contributed by atoms with E-state index in [1.54, 1.807) is 24.5 Å². The average Bonchev–Trinajstić information content (AvgIpc) is 2.05. The molecule has 0 fully saturated rings. The third kappa shape index (κ3) is 1.87. The van der Waals surface area contributed by atoms with E-state index < -0.39 is 0 Å². The molecule has 0 N–H and O–H groups in total. The van der Waals surface area contributed by atoms with Crippen molar-refractivity contribution in [2.75, 3.05) is 0 Å². The highest BCUT2D eigenvalue weighted by molar-refractivity contribution is 5.97. The summed E-state index contributed by atoms with van der Waals surface area (Å²) in [6.07, 6.45) is 3.27. The third-order valence-corrected chi connectivity index (χ3v) is 1.49. The van der Waals surface area contributed by atoms with Gasteiger partial charge in [0.15, 0.2) is 5.78 Å². The average molecular weight is 149 g/mol. The Balaban J connectivity index is 2.86. The van der Waals surface area contributed by atoms with E-state index in [1.807, 2.05) is 13.8 Å². The van der Waals surface area contributed by atoms with Crippen LogP contribution in [0.4, 0.5) is 0 Å². The summed E-state index contributed by atoms with van der Waals surface area (Å²) in [5.41, 5.74) is 0.745. The molecule has 0 radical (unpaired) electrons. The van der Waals surface area contributed by atoms with Gasteiger partial charge in [-0.1, -0.05) is 13.8 Å². The summed E-state index contributed by atoms with van der Waals surface area (Å²) in [4.78, 5) is 15.2. The molecule has 0 spiro atoms. The van der Waals surface area contributed by atoms with Crippen molar-refractivity contribution in [1.29, 1.82) is 0 Å². The lowest BCUT2D eigenvalue weighted by Crippen LogP contribution is -2.06. The van der Waals surface area contributed by atoms with Crippen LogP contribution in [0.2, 0.25) is 0 Å². The Morgan fingerprint density at radius 3 is 2.36 bits per heavy atom. The summed E-state index contributed by atoms with van der Waals surface area (Å²) in [7, 11) is 0. The van der Waals surface area contributed by atoms with Gasteiger partial charge in [-0.25, -0.2) is 0 Å². The number of carbonyl (C=O) groups excluding carboxylic acids is 1. The van der Waals surface area contributed by atoms with Crippen molar-refractivity contribution >= 4 is 5.78 Å². The van der Waals surface area contributed by atoms with Crippen molar-refractivity contribution in [3.05, 3.63) is 30.1 Å². The van der Waals surface area contributed by atoms with Crippen LogP contribution in [0, 0.1) is 5.92 Å². The van der Waals surface area contributed by atoms with E-state index in [0.717, 1.165) is 5.56 Å². The molecule has 1 rings (SSSR count). The molecular weight excluding hydrogens is 138 g/mol. The molecule has 0 atom stereocenters. The van der Waals surface area contributed by atoms with Gasteiger partial charge < -0.3 is 0 Å². The number of nitrogens with zero attached hydrogens (tertiary/aromatic N) is 1. The highest BCUT2D eigenvalue weighted by Crippen LogP contribution is 2.05. The largest absolute Gasteiger partial charge is 0.294 e. The van der Waals surface area contributed by atoms with Gasteiger partial charge in [0.2, 0.25) is 0 Å². The summed E-state index contributed by atoms with van der Waals surface area (Å²) < 4.78 is 0. The molecule has 58 valence electrons. The number of carbonyl (C=O) groups is 1. The molecule has 2 nitrogen and oxygen atoms in total. The van der Waals surface area contributed by atoms with Crippen molar-refractivity contribution in [2.24, 2.45) is 5.92 Å². The number of aromatic nitrogens is 1. The summed E-state index contributed by atoms with van der Waals surface area (Å²) in [5, 5.41) is 0. The molecule has 0 aliphatic rings. The molecule has 0 bridgehead atoms. The van der Waals surface area contributed by atoms with Gasteiger partial charge in [-0.3, -0.25) is 9.78 Å². The molecule has 2 heteroatoms. The maximum Gasteiger partial charge on any atom is 0.165 e. The summed E-state index contributed by atoms with van der Waals surface area (Å²) in [6, 6.07) is 3.48. The maximum absolute atomic E-state index is 11.3. The van der Waals surface area contributed by atoms with Crippen LogP contribution in [-0.2, 0) is 0 Å². The number of ketones is 1. The zero-order valence-corrected chi connectivity index (χ0v) is 6.74. The van der Waals surface area contributed by atoms with Crippen molar-refractivity contribution in [2.45, 2.75) is 13.8 Å². The molecule has 0 aromatic carbocycles. The van der Waals surface area contributed by atoms with Gasteiger partial charge in [-0.2, -0.15) is 0 Å². The number of rotatable bonds is 2. The number of hydrogen-bond donors (Lipinski definition) is 0. The van der Waals surface area contributed by atoms with Crippen LogP contribution >= 0.6 is 0 Å². The van der Waals surface area contributed by atoms with Crippen LogP contribution in [0.1, 0.15) is 24.2 Å². The highest BCUT2D eigenvalue weighted by Gasteiger charge is 2.08. The zero-order valence-electron chi connectivity index (χ0n) is 6.74. The fourth-order valence-electron chi connectivity index (χ4n) is 0.850. The van der Waals surface area contributed by atoms with Crippen molar-refractivity contribution in [1.82, 2.24) is 4.98 Å². The fourth-order valence-corrected chi connectivity index (χ4v) is 0.850. The topological polar surface area (TPSA) is 30.0 Å². The Hall–Kier alpha value is -1.18. The van der Waals surface area contributed by atoms with E-state index >= 15 is 0 Å². The summed E-state index contributed by atoms with van der Waals surface area (Å²) in [5.74, 6) is 0.241. The van der Waals surface area contributed by atoms with Gasteiger partial charge in [0.05, 0.1) is 0 Å². The van der Waals surface area contributed by atoms with E-state index in [2.05, 4.69) is 4.98 Å². The Bertz CT molecular complexity index is 241. The predicted molar refractivity (Wildman–Crippen MR) is 43.4 cm³/mol. The molecule has 1 aromatic heterocycles. The molecule has 1 aromatic rings. The van der Waals surface area contributed by atoms with Gasteiger partial charge in [-0.05, 0) is 12.1 Å². The standard InChI is InChI=1S/C9H11NO/c1-7(2)9(11)8-3-5-10-6-4-8/h3-7H,1-2H3. The van der Waals surface area contributed by atoms with Gasteiger partial charge >= 0.3 is 0 Å². The predicted octanol–water partition coefficient (Wildman–Crippen LogP) is 1.92. The van der Waals surface area contributed by atoms with Gasteiger partial charge in [0.25, 0.3) is 0 Å². The number of Topliss-reactive ketones (excluding diaryl/α,β-unsaturated/α-hetero) is 1. The smallest absolute Gasteiger partial charge is 0.165 e. The third-order valence-electron chi connectivity index (χ3n) is 1.49. The molecule has 0 saturated carbocycles. The molecule has 0 amide bonds. The quantitative estimate of drug-likeness (QED) is 0.601. The molecule has 1 heterocycles. The second kappa shape index (κ2) is 3.28. The number of hydrogen-bond acceptors (Lipinski definition) is 2. The van der Waals surface area contributed by atoms with Crippen molar-refractivity contribution < 1.29 is 4.79 Å². The summed E-state index contributed by atoms with van der Waals surface area (Å²) >= 11 is 0. The molecular formula is C9H11NO. The second-order valence-corrected chi connectivity index (χ2v) is 2.75. The van der Waals surface area contributed by atoms with Gasteiger partial charge in [0, 0.05) is 23.9 Å². The fraction of sp³-hybridized carbons (Fsp3) is 0.333. The van der Waals surface area contributed by atoms with Crippen LogP contribution < -0.4 is 0 Å². The monoisotopic (exact) mass is 149 g/mol. The van der Waals surface area contributed by atoms with E-state index in [-0.39, 0.29) is 11.7 Å². The first-order valence-corrected chi connectivity index (χ1v) is 3.66. The minimum Gasteiger partial charge on any atom is -0.294 e. The van der Waals surface area contributed by atoms with Gasteiger partial charge in [-0.15, -0.1) is 0 Å². The van der Waals surface area contributed by atoms with Crippen LogP contribution in [0.5, 0.6) is 0 Å². The Labute approximate surface area is 66.3 Å². The Morgan fingerprint density at radius 2 is 1.91 bits per heavy atom. The Kier molecular flexibility index (Phi) is 2.36. The Morgan fingerprint density at radius 1 is 1.36 bits per heavy atom. The normalized spacial score (nSPS) is 10.1. The lowest BCUT2D eigenvalue weighted by molar-refractivity contribution is 0.0939. The molecule has 0 unspecified atom stereocenters. The van der Waals surface area contributed by atoms with Crippen molar-refractivity contribution in [3.63, 3.8) is 0 Å². The van der Waals surface area contributed by atoms with Crippen LogP contribution in [0.15, 0.2) is 24.5 Å². The first-order chi connectivity index (χ1) is 5.22. The zero-order chi connectivity index (χ0) is 8.27. The summed E-state index contributed by atoms with van der Waals surface area (Å²) in [6.45, 7) is 3.78. The van der Waals surface area contributed by atoms with Crippen LogP contribution in [0.3, 0.4) is 0 Å². The first-order valence-electron chi connectivity index (χ1n) is 3.66. The minimum absolute atomic E-state index is 0.0670. The van der Waals surface area contributed by atoms with Crippen LogP contribution in [0.25, 0.3) is 0 Å². The molecule has 0 saturated heterocycles. The lowest BCUT2D eigenvalue weighted by atomic mass is 10.0. The molecule has 0 aliphatic heterocycles. The highest BCUT2D eigenvalue weighted by atomic mass is 16.1. The van der Waals surface area contributed by atoms with E-state index in [1.165, 1.54) is 0 Å². The van der Waals surface area contributed by atoms with Gasteiger partial charge in [0.1, 0.15) is 0 Å². The minimum atomic E-state index is 0.0670. The lowest BCUT2D eigenvalue weighted by Gasteiger charge is -2.01. The molecule has 0 aliphatic carbocycles. The SMILES string of the molecule is CC(C)C(=O)c1ccncc1. The first kappa shape index (κ1) is 7.92.